The van der Waals surface area contributed by atoms with E-state index in [1.807, 2.05) is 13.0 Å². The molecule has 0 aliphatic carbocycles. The first kappa shape index (κ1) is 24.8. The Kier molecular flexibility index (Phi) is 7.53. The van der Waals surface area contributed by atoms with E-state index >= 15 is 0 Å². The topological polar surface area (TPSA) is 98.2 Å². The number of benzene rings is 2. The molecule has 3 aromatic rings. The number of carbonyl (C=O) groups excluding carboxylic acids is 2. The van der Waals surface area contributed by atoms with E-state index in [-0.39, 0.29) is 17.9 Å². The number of amides is 1. The molecule has 36 heavy (non-hydrogen) atoms. The van der Waals surface area contributed by atoms with Gasteiger partial charge in [-0.15, -0.1) is 0 Å². The van der Waals surface area contributed by atoms with E-state index in [0.29, 0.717) is 35.0 Å². The van der Waals surface area contributed by atoms with Gasteiger partial charge >= 0.3 is 0 Å². The molecule has 1 N–H and O–H groups in total. The van der Waals surface area contributed by atoms with Gasteiger partial charge in [-0.05, 0) is 53.9 Å². The van der Waals surface area contributed by atoms with Gasteiger partial charge in [0, 0.05) is 24.5 Å². The third-order valence-electron chi connectivity index (χ3n) is 5.94. The Hall–Kier alpha value is -4.33. The fraction of sp³-hybridized carbons (Fsp3) is 0.250. The van der Waals surface area contributed by atoms with Crippen molar-refractivity contribution >= 4 is 17.4 Å². The van der Waals surface area contributed by atoms with Crippen molar-refractivity contribution < 1.29 is 28.9 Å². The predicted octanol–water partition coefficient (Wildman–Crippen LogP) is 4.51. The summed E-state index contributed by atoms with van der Waals surface area (Å²) in [6, 6.07) is 14.8. The summed E-state index contributed by atoms with van der Waals surface area (Å²) < 4.78 is 16.3. The number of Topliss-reactive ketones (excluding diaryl/α,β-unsaturated/α-hetero) is 1. The van der Waals surface area contributed by atoms with Gasteiger partial charge in [-0.2, -0.15) is 0 Å². The van der Waals surface area contributed by atoms with E-state index in [2.05, 4.69) is 4.98 Å². The molecule has 1 atom stereocenters. The highest BCUT2D eigenvalue weighted by Crippen LogP contribution is 2.41. The number of aromatic nitrogens is 1. The van der Waals surface area contributed by atoms with Crippen molar-refractivity contribution in [3.8, 4) is 17.2 Å². The van der Waals surface area contributed by atoms with Gasteiger partial charge in [-0.25, -0.2) is 0 Å². The van der Waals surface area contributed by atoms with Crippen molar-refractivity contribution in [3.05, 3.63) is 89.3 Å². The number of pyridine rings is 1. The van der Waals surface area contributed by atoms with Crippen LogP contribution in [0.5, 0.6) is 17.2 Å². The fourth-order valence-electron chi connectivity index (χ4n) is 4.18. The molecule has 1 fully saturated rings. The molecule has 1 aliphatic heterocycles. The Labute approximate surface area is 209 Å². The number of ether oxygens (including phenoxy) is 3. The summed E-state index contributed by atoms with van der Waals surface area (Å²) in [5.74, 6) is -0.200. The highest BCUT2D eigenvalue weighted by molar-refractivity contribution is 6.46. The van der Waals surface area contributed by atoms with Gasteiger partial charge < -0.3 is 24.2 Å². The molecular weight excluding hydrogens is 460 g/mol. The molecular formula is C28H28N2O6. The minimum atomic E-state index is -0.807. The summed E-state index contributed by atoms with van der Waals surface area (Å²) in [5.41, 5.74) is 1.76. The average Bonchev–Trinajstić information content (AvgIpc) is 3.16. The fourth-order valence-corrected chi connectivity index (χ4v) is 4.18. The van der Waals surface area contributed by atoms with Crippen LogP contribution in [0.2, 0.25) is 0 Å². The molecule has 186 valence electrons. The second-order valence-corrected chi connectivity index (χ2v) is 8.28. The van der Waals surface area contributed by atoms with Gasteiger partial charge in [0.2, 0.25) is 0 Å². The lowest BCUT2D eigenvalue weighted by atomic mass is 9.95. The van der Waals surface area contributed by atoms with Crippen LogP contribution < -0.4 is 14.2 Å². The number of hydrogen-bond donors (Lipinski definition) is 1. The van der Waals surface area contributed by atoms with Crippen molar-refractivity contribution in [2.45, 2.75) is 25.9 Å². The molecule has 1 aliphatic rings. The lowest BCUT2D eigenvalue weighted by Gasteiger charge is -2.25. The number of carbonyl (C=O) groups is 2. The van der Waals surface area contributed by atoms with Crippen molar-refractivity contribution in [2.75, 3.05) is 20.8 Å². The van der Waals surface area contributed by atoms with Crippen LogP contribution in [0.4, 0.5) is 0 Å². The number of methoxy groups -OCH3 is 2. The van der Waals surface area contributed by atoms with Gasteiger partial charge in [0.25, 0.3) is 11.7 Å². The van der Waals surface area contributed by atoms with Gasteiger partial charge in [0.15, 0.2) is 11.5 Å². The third-order valence-corrected chi connectivity index (χ3v) is 5.94. The van der Waals surface area contributed by atoms with E-state index in [1.165, 1.54) is 19.1 Å². The molecule has 2 aromatic carbocycles. The van der Waals surface area contributed by atoms with Gasteiger partial charge in [0.05, 0.1) is 32.4 Å². The lowest BCUT2D eigenvalue weighted by Crippen LogP contribution is -2.29. The maximum Gasteiger partial charge on any atom is 0.295 e. The van der Waals surface area contributed by atoms with E-state index in [9.17, 15) is 14.7 Å². The van der Waals surface area contributed by atoms with Crippen LogP contribution >= 0.6 is 0 Å². The Morgan fingerprint density at radius 3 is 2.42 bits per heavy atom. The molecule has 0 unspecified atom stereocenters. The summed E-state index contributed by atoms with van der Waals surface area (Å²) in [6.07, 6.45) is 4.16. The second kappa shape index (κ2) is 10.9. The quantitative estimate of drug-likeness (QED) is 0.269. The zero-order valence-corrected chi connectivity index (χ0v) is 20.4. The molecule has 0 spiro atoms. The maximum absolute atomic E-state index is 13.3. The summed E-state index contributed by atoms with van der Waals surface area (Å²) in [6.45, 7) is 2.76. The predicted molar refractivity (Wildman–Crippen MR) is 134 cm³/mol. The van der Waals surface area contributed by atoms with Crippen LogP contribution in [-0.4, -0.2) is 47.5 Å². The minimum absolute atomic E-state index is 0.00154. The smallest absolute Gasteiger partial charge is 0.295 e. The molecule has 0 bridgehead atoms. The van der Waals surface area contributed by atoms with Crippen molar-refractivity contribution in [2.24, 2.45) is 0 Å². The van der Waals surface area contributed by atoms with Crippen LogP contribution in [0.15, 0.2) is 72.6 Å². The molecule has 2 heterocycles. The number of nitrogens with zero attached hydrogens (tertiary/aromatic N) is 2. The number of rotatable bonds is 9. The van der Waals surface area contributed by atoms with Crippen LogP contribution in [-0.2, 0) is 16.1 Å². The lowest BCUT2D eigenvalue weighted by molar-refractivity contribution is -0.140. The molecule has 1 aromatic heterocycles. The number of aliphatic hydroxyl groups excluding tert-OH is 1. The Morgan fingerprint density at radius 2 is 1.78 bits per heavy atom. The molecule has 8 nitrogen and oxygen atoms in total. The first-order valence-corrected chi connectivity index (χ1v) is 11.6. The Bertz CT molecular complexity index is 1270. The first-order chi connectivity index (χ1) is 17.5. The van der Waals surface area contributed by atoms with E-state index < -0.39 is 17.7 Å². The highest BCUT2D eigenvalue weighted by atomic mass is 16.5. The van der Waals surface area contributed by atoms with E-state index in [1.54, 1.807) is 60.9 Å². The van der Waals surface area contributed by atoms with Crippen molar-refractivity contribution in [1.29, 1.82) is 0 Å². The van der Waals surface area contributed by atoms with Crippen LogP contribution in [0.1, 0.15) is 36.1 Å². The monoisotopic (exact) mass is 488 g/mol. The standard InChI is InChI=1S/C28H28N2O6/c1-4-14-36-21-10-7-19(8-11-21)25-24(26(31)20-9-12-22(34-2)23(15-20)35-3)27(32)28(33)30(25)17-18-6-5-13-29-16-18/h5-13,15-16,25,31H,4,14,17H2,1-3H3/t25-/m0/s1. The third kappa shape index (κ3) is 4.88. The summed E-state index contributed by atoms with van der Waals surface area (Å²) in [7, 11) is 2.99. The van der Waals surface area contributed by atoms with Gasteiger partial charge in [-0.1, -0.05) is 25.1 Å². The van der Waals surface area contributed by atoms with Crippen molar-refractivity contribution in [1.82, 2.24) is 9.88 Å². The molecule has 8 heteroatoms. The van der Waals surface area contributed by atoms with Crippen LogP contribution in [0.3, 0.4) is 0 Å². The largest absolute Gasteiger partial charge is 0.507 e. The number of likely N-dealkylation sites (tertiary alicyclic amines) is 1. The zero-order chi connectivity index (χ0) is 25.7. The van der Waals surface area contributed by atoms with Crippen LogP contribution in [0.25, 0.3) is 5.76 Å². The summed E-state index contributed by atoms with van der Waals surface area (Å²) in [5, 5.41) is 11.3. The minimum Gasteiger partial charge on any atom is -0.507 e. The summed E-state index contributed by atoms with van der Waals surface area (Å²) in [4.78, 5) is 32.1. The molecule has 1 saturated heterocycles. The Balaban J connectivity index is 1.82. The maximum atomic E-state index is 13.3. The summed E-state index contributed by atoms with van der Waals surface area (Å²) >= 11 is 0. The van der Waals surface area contributed by atoms with Crippen LogP contribution in [0, 0.1) is 0 Å². The number of ketones is 1. The van der Waals surface area contributed by atoms with E-state index in [4.69, 9.17) is 14.2 Å². The highest BCUT2D eigenvalue weighted by Gasteiger charge is 2.46. The number of aliphatic hydroxyl groups is 1. The van der Waals surface area contributed by atoms with E-state index in [0.717, 1.165) is 12.0 Å². The second-order valence-electron chi connectivity index (χ2n) is 8.28. The van der Waals surface area contributed by atoms with Crippen molar-refractivity contribution in [3.63, 3.8) is 0 Å². The number of hydrogen-bond acceptors (Lipinski definition) is 7. The molecule has 0 saturated carbocycles. The SMILES string of the molecule is CCCOc1ccc([C@H]2C(=C(O)c3ccc(OC)c(OC)c3)C(=O)C(=O)N2Cc2cccnc2)cc1. The van der Waals surface area contributed by atoms with Gasteiger partial charge in [-0.3, -0.25) is 14.6 Å². The molecule has 1 amide bonds. The molecule has 0 radical (unpaired) electrons. The Morgan fingerprint density at radius 1 is 1.03 bits per heavy atom. The first-order valence-electron chi connectivity index (χ1n) is 11.6. The molecule has 4 rings (SSSR count). The van der Waals surface area contributed by atoms with Gasteiger partial charge in [0.1, 0.15) is 11.5 Å². The normalized spacial score (nSPS) is 16.8. The zero-order valence-electron chi connectivity index (χ0n) is 20.4. The average molecular weight is 489 g/mol.